The standard InChI is InChI=1S/C21H19N3OS/c1-2-24-19-8-4-3-7-17(19)18-12-15(9-10-20(18)24)14-22-23-21(25)13-16-6-5-11-26-16/h3-12,14H,2,13H2,1H3,(H,23,25). The zero-order valence-corrected chi connectivity index (χ0v) is 15.3. The summed E-state index contributed by atoms with van der Waals surface area (Å²) in [5.74, 6) is -0.104. The summed E-state index contributed by atoms with van der Waals surface area (Å²) in [5.41, 5.74) is 6.02. The monoisotopic (exact) mass is 361 g/mol. The molecule has 0 radical (unpaired) electrons. The van der Waals surface area contributed by atoms with Crippen LogP contribution in [0.3, 0.4) is 0 Å². The quantitative estimate of drug-likeness (QED) is 0.411. The maximum absolute atomic E-state index is 11.9. The number of carbonyl (C=O) groups is 1. The SMILES string of the molecule is CCn1c2ccccc2c2cc(C=NNC(=O)Cc3cccs3)ccc21. The molecule has 2 heterocycles. The Morgan fingerprint density at radius 3 is 2.77 bits per heavy atom. The van der Waals surface area contributed by atoms with Crippen molar-refractivity contribution in [2.75, 3.05) is 0 Å². The van der Waals surface area contributed by atoms with Crippen LogP contribution < -0.4 is 5.43 Å². The van der Waals surface area contributed by atoms with Gasteiger partial charge in [0.25, 0.3) is 0 Å². The summed E-state index contributed by atoms with van der Waals surface area (Å²) in [6.45, 7) is 3.08. The fourth-order valence-corrected chi connectivity index (χ4v) is 3.99. The van der Waals surface area contributed by atoms with Crippen LogP contribution in [0.1, 0.15) is 17.4 Å². The van der Waals surface area contributed by atoms with Gasteiger partial charge in [-0.1, -0.05) is 30.3 Å². The summed E-state index contributed by atoms with van der Waals surface area (Å²) in [6.07, 6.45) is 2.06. The number of nitrogens with zero attached hydrogens (tertiary/aromatic N) is 2. The van der Waals surface area contributed by atoms with Gasteiger partial charge in [-0.15, -0.1) is 11.3 Å². The van der Waals surface area contributed by atoms with Crippen LogP contribution in [0.4, 0.5) is 0 Å². The van der Waals surface area contributed by atoms with E-state index in [9.17, 15) is 4.79 Å². The van der Waals surface area contributed by atoms with Gasteiger partial charge in [0.1, 0.15) is 0 Å². The second kappa shape index (κ2) is 7.14. The number of hydrogen-bond donors (Lipinski definition) is 1. The Morgan fingerprint density at radius 2 is 1.96 bits per heavy atom. The zero-order chi connectivity index (χ0) is 17.9. The number of carbonyl (C=O) groups excluding carboxylic acids is 1. The number of hydrazone groups is 1. The zero-order valence-electron chi connectivity index (χ0n) is 14.5. The highest BCUT2D eigenvalue weighted by Crippen LogP contribution is 2.29. The highest BCUT2D eigenvalue weighted by Gasteiger charge is 2.09. The van der Waals surface area contributed by atoms with Crippen LogP contribution in [-0.4, -0.2) is 16.7 Å². The van der Waals surface area contributed by atoms with Crippen molar-refractivity contribution in [3.8, 4) is 0 Å². The van der Waals surface area contributed by atoms with Gasteiger partial charge in [-0.2, -0.15) is 5.10 Å². The molecule has 1 amide bonds. The predicted octanol–water partition coefficient (Wildman–Crippen LogP) is 4.57. The molecule has 4 rings (SSSR count). The van der Waals surface area contributed by atoms with Crippen molar-refractivity contribution in [3.05, 3.63) is 70.4 Å². The van der Waals surface area contributed by atoms with E-state index in [-0.39, 0.29) is 5.91 Å². The highest BCUT2D eigenvalue weighted by molar-refractivity contribution is 7.10. The van der Waals surface area contributed by atoms with E-state index in [1.54, 1.807) is 17.6 Å². The number of para-hydroxylation sites is 1. The molecule has 2 aromatic carbocycles. The second-order valence-electron chi connectivity index (χ2n) is 6.09. The summed E-state index contributed by atoms with van der Waals surface area (Å²) in [6, 6.07) is 18.6. The third kappa shape index (κ3) is 3.13. The van der Waals surface area contributed by atoms with Crippen molar-refractivity contribution in [1.29, 1.82) is 0 Å². The molecule has 0 fully saturated rings. The van der Waals surface area contributed by atoms with Crippen LogP contribution in [-0.2, 0) is 17.8 Å². The van der Waals surface area contributed by atoms with E-state index in [4.69, 9.17) is 0 Å². The molecule has 2 aromatic heterocycles. The largest absolute Gasteiger partial charge is 0.341 e. The van der Waals surface area contributed by atoms with E-state index in [0.717, 1.165) is 17.0 Å². The van der Waals surface area contributed by atoms with Crippen molar-refractivity contribution < 1.29 is 4.79 Å². The third-order valence-corrected chi connectivity index (χ3v) is 5.31. The molecule has 130 valence electrons. The van der Waals surface area contributed by atoms with Gasteiger partial charge in [0.05, 0.1) is 12.6 Å². The Kier molecular flexibility index (Phi) is 4.54. The highest BCUT2D eigenvalue weighted by atomic mass is 32.1. The van der Waals surface area contributed by atoms with E-state index >= 15 is 0 Å². The molecule has 5 heteroatoms. The lowest BCUT2D eigenvalue weighted by Gasteiger charge is -2.02. The number of nitrogens with one attached hydrogen (secondary N) is 1. The van der Waals surface area contributed by atoms with Gasteiger partial charge in [0.15, 0.2) is 0 Å². The molecule has 1 N–H and O–H groups in total. The molecule has 0 aliphatic rings. The number of hydrogen-bond acceptors (Lipinski definition) is 3. The molecule has 0 saturated heterocycles. The number of benzene rings is 2. The predicted molar refractivity (Wildman–Crippen MR) is 109 cm³/mol. The average Bonchev–Trinajstić information content (AvgIpc) is 3.27. The summed E-state index contributed by atoms with van der Waals surface area (Å²) in [7, 11) is 0. The minimum atomic E-state index is -0.104. The lowest BCUT2D eigenvalue weighted by Crippen LogP contribution is -2.19. The van der Waals surface area contributed by atoms with Gasteiger partial charge < -0.3 is 4.57 Å². The Morgan fingerprint density at radius 1 is 1.12 bits per heavy atom. The number of thiophene rings is 1. The molecular weight excluding hydrogens is 342 g/mol. The van der Waals surface area contributed by atoms with Gasteiger partial charge in [0.2, 0.25) is 5.91 Å². The smallest absolute Gasteiger partial charge is 0.245 e. The van der Waals surface area contributed by atoms with Crippen LogP contribution in [0.25, 0.3) is 21.8 Å². The fraction of sp³-hybridized carbons (Fsp3) is 0.143. The normalized spacial score (nSPS) is 11.6. The first kappa shape index (κ1) is 16.5. The lowest BCUT2D eigenvalue weighted by molar-refractivity contribution is -0.120. The van der Waals surface area contributed by atoms with Crippen molar-refractivity contribution in [3.63, 3.8) is 0 Å². The number of aromatic nitrogens is 1. The van der Waals surface area contributed by atoms with Crippen LogP contribution in [0, 0.1) is 0 Å². The van der Waals surface area contributed by atoms with Crippen molar-refractivity contribution in [2.24, 2.45) is 5.10 Å². The van der Waals surface area contributed by atoms with Crippen LogP contribution in [0.15, 0.2) is 65.1 Å². The van der Waals surface area contributed by atoms with E-state index in [0.29, 0.717) is 6.42 Å². The Labute approximate surface area is 155 Å². The van der Waals surface area contributed by atoms with Crippen LogP contribution in [0.5, 0.6) is 0 Å². The van der Waals surface area contributed by atoms with E-state index < -0.39 is 0 Å². The van der Waals surface area contributed by atoms with Crippen molar-refractivity contribution >= 4 is 45.3 Å². The Hall–Kier alpha value is -2.92. The molecule has 26 heavy (non-hydrogen) atoms. The molecule has 0 atom stereocenters. The van der Waals surface area contributed by atoms with Crippen molar-refractivity contribution in [2.45, 2.75) is 19.9 Å². The first-order valence-electron chi connectivity index (χ1n) is 8.61. The molecule has 0 bridgehead atoms. The minimum Gasteiger partial charge on any atom is -0.341 e. The fourth-order valence-electron chi connectivity index (χ4n) is 3.28. The van der Waals surface area contributed by atoms with Crippen molar-refractivity contribution in [1.82, 2.24) is 9.99 Å². The first-order valence-corrected chi connectivity index (χ1v) is 9.49. The van der Waals surface area contributed by atoms with Gasteiger partial charge in [-0.3, -0.25) is 4.79 Å². The van der Waals surface area contributed by atoms with Gasteiger partial charge in [-0.25, -0.2) is 5.43 Å². The molecule has 0 saturated carbocycles. The lowest BCUT2D eigenvalue weighted by atomic mass is 10.1. The van der Waals surface area contributed by atoms with Crippen LogP contribution in [0.2, 0.25) is 0 Å². The van der Waals surface area contributed by atoms with Crippen LogP contribution >= 0.6 is 11.3 Å². The summed E-state index contributed by atoms with van der Waals surface area (Å²) in [4.78, 5) is 12.9. The molecule has 0 spiro atoms. The molecule has 0 aliphatic heterocycles. The molecular formula is C21H19N3OS. The number of aryl methyl sites for hydroxylation is 1. The maximum Gasteiger partial charge on any atom is 0.245 e. The van der Waals surface area contributed by atoms with E-state index in [1.807, 2.05) is 23.6 Å². The molecule has 0 aliphatic carbocycles. The van der Waals surface area contributed by atoms with Gasteiger partial charge >= 0.3 is 0 Å². The maximum atomic E-state index is 11.9. The summed E-state index contributed by atoms with van der Waals surface area (Å²) in [5, 5.41) is 8.52. The Bertz CT molecular complexity index is 1090. The third-order valence-electron chi connectivity index (χ3n) is 4.43. The Balaban J connectivity index is 1.57. The van der Waals surface area contributed by atoms with Gasteiger partial charge in [-0.05, 0) is 42.1 Å². The van der Waals surface area contributed by atoms with Gasteiger partial charge in [0, 0.05) is 33.2 Å². The first-order chi connectivity index (χ1) is 12.8. The second-order valence-corrected chi connectivity index (χ2v) is 7.12. The average molecular weight is 361 g/mol. The van der Waals surface area contributed by atoms with E-state index in [2.05, 4.69) is 58.4 Å². The number of amides is 1. The summed E-state index contributed by atoms with van der Waals surface area (Å²) < 4.78 is 2.31. The molecule has 0 unspecified atom stereocenters. The number of rotatable bonds is 5. The van der Waals surface area contributed by atoms with E-state index in [1.165, 1.54) is 21.8 Å². The molecule has 4 aromatic rings. The molecule has 4 nitrogen and oxygen atoms in total. The summed E-state index contributed by atoms with van der Waals surface area (Å²) >= 11 is 1.57. The topological polar surface area (TPSA) is 46.4 Å². The number of fused-ring (bicyclic) bond motifs is 3. The minimum absolute atomic E-state index is 0.104.